The van der Waals surface area contributed by atoms with Gasteiger partial charge in [-0.15, -0.1) is 0 Å². The lowest BCUT2D eigenvalue weighted by Crippen LogP contribution is -2.37. The zero-order valence-corrected chi connectivity index (χ0v) is 20.6. The molecule has 0 radical (unpaired) electrons. The Morgan fingerprint density at radius 2 is 1.10 bits per heavy atom. The van der Waals surface area contributed by atoms with Crippen LogP contribution in [-0.2, 0) is 13.0 Å². The Bertz CT molecular complexity index is 475. The van der Waals surface area contributed by atoms with E-state index in [-0.39, 0.29) is 0 Å². The molecule has 0 aliphatic carbocycles. The van der Waals surface area contributed by atoms with E-state index < -0.39 is 0 Å². The van der Waals surface area contributed by atoms with Crippen LogP contribution in [0.25, 0.3) is 0 Å². The van der Waals surface area contributed by atoms with Crippen molar-refractivity contribution in [3.63, 3.8) is 0 Å². The summed E-state index contributed by atoms with van der Waals surface area (Å²) >= 11 is 0. The molecule has 1 rings (SSSR count). The lowest BCUT2D eigenvalue weighted by Gasteiger charge is -2.07. The fraction of sp³-hybridized carbons (Fsp3) is 0.889. The van der Waals surface area contributed by atoms with Crippen molar-refractivity contribution in [3.8, 4) is 0 Å². The third-order valence-corrected chi connectivity index (χ3v) is 6.35. The molecule has 0 atom stereocenters. The van der Waals surface area contributed by atoms with Crippen LogP contribution in [0.2, 0.25) is 0 Å². The Balaban J connectivity index is 1.99. The number of aromatic nitrogens is 2. The predicted molar refractivity (Wildman–Crippen MR) is 129 cm³/mol. The van der Waals surface area contributed by atoms with Crippen molar-refractivity contribution < 1.29 is 4.57 Å². The summed E-state index contributed by atoms with van der Waals surface area (Å²) in [6, 6.07) is 0.573. The minimum absolute atomic E-state index is 0.573. The van der Waals surface area contributed by atoms with E-state index >= 15 is 0 Å². The van der Waals surface area contributed by atoms with Gasteiger partial charge in [0.2, 0.25) is 0 Å². The lowest BCUT2D eigenvalue weighted by atomic mass is 10.0. The van der Waals surface area contributed by atoms with Gasteiger partial charge in [0.1, 0.15) is 12.4 Å². The standard InChI is InChI=1S/C27H53N2/c1-5-7-9-10-11-12-13-14-15-16-17-18-19-20-21-23-28-24-25-29(26(3)4)27(28)22-8-6-2/h24-26H,5-23H2,1-4H3/q+1. The van der Waals surface area contributed by atoms with Gasteiger partial charge in [0, 0.05) is 6.42 Å². The molecule has 0 saturated carbocycles. The Labute approximate surface area is 183 Å². The van der Waals surface area contributed by atoms with Crippen LogP contribution >= 0.6 is 0 Å². The molecule has 0 fully saturated rings. The lowest BCUT2D eigenvalue weighted by molar-refractivity contribution is -0.704. The second kappa shape index (κ2) is 18.0. The normalized spacial score (nSPS) is 11.6. The smallest absolute Gasteiger partial charge is 0.234 e. The van der Waals surface area contributed by atoms with E-state index in [9.17, 15) is 0 Å². The number of unbranched alkanes of at least 4 members (excludes halogenated alkanes) is 15. The minimum Gasteiger partial charge on any atom is -0.234 e. The molecule has 0 unspecified atom stereocenters. The van der Waals surface area contributed by atoms with Gasteiger partial charge in [-0.25, -0.2) is 9.13 Å². The van der Waals surface area contributed by atoms with Gasteiger partial charge in [0.25, 0.3) is 5.82 Å². The van der Waals surface area contributed by atoms with E-state index in [0.717, 1.165) is 0 Å². The Morgan fingerprint density at radius 1 is 0.655 bits per heavy atom. The molecule has 0 bridgehead atoms. The first-order valence-electron chi connectivity index (χ1n) is 13.3. The number of rotatable bonds is 20. The van der Waals surface area contributed by atoms with E-state index in [2.05, 4.69) is 49.2 Å². The highest BCUT2D eigenvalue weighted by molar-refractivity contribution is 4.86. The van der Waals surface area contributed by atoms with Gasteiger partial charge >= 0.3 is 0 Å². The predicted octanol–water partition coefficient (Wildman–Crippen LogP) is 8.57. The number of nitrogens with zero attached hydrogens (tertiary/aromatic N) is 2. The van der Waals surface area contributed by atoms with Gasteiger partial charge in [-0.3, -0.25) is 0 Å². The second-order valence-corrected chi connectivity index (χ2v) is 9.46. The molecule has 0 N–H and O–H groups in total. The first-order chi connectivity index (χ1) is 14.2. The van der Waals surface area contributed by atoms with Crippen molar-refractivity contribution in [3.05, 3.63) is 18.2 Å². The summed E-state index contributed by atoms with van der Waals surface area (Å²) in [4.78, 5) is 0. The van der Waals surface area contributed by atoms with Gasteiger partial charge in [-0.1, -0.05) is 104 Å². The van der Waals surface area contributed by atoms with Crippen LogP contribution in [0.15, 0.2) is 12.4 Å². The van der Waals surface area contributed by atoms with Crippen molar-refractivity contribution >= 4 is 0 Å². The second-order valence-electron chi connectivity index (χ2n) is 9.46. The summed E-state index contributed by atoms with van der Waals surface area (Å²) in [7, 11) is 0. The topological polar surface area (TPSA) is 8.81 Å². The average molecular weight is 406 g/mol. The van der Waals surface area contributed by atoms with Crippen LogP contribution in [0, 0.1) is 0 Å². The largest absolute Gasteiger partial charge is 0.256 e. The minimum atomic E-state index is 0.573. The number of imidazole rings is 1. The van der Waals surface area contributed by atoms with E-state index in [1.54, 1.807) is 0 Å². The molecule has 0 aromatic carbocycles. The molecule has 1 heterocycles. The maximum Gasteiger partial charge on any atom is 0.256 e. The van der Waals surface area contributed by atoms with E-state index in [4.69, 9.17) is 0 Å². The highest BCUT2D eigenvalue weighted by Gasteiger charge is 2.18. The van der Waals surface area contributed by atoms with Gasteiger partial charge in [0.15, 0.2) is 0 Å². The molecule has 2 heteroatoms. The SMILES string of the molecule is CCCCCCCCCCCCCCCCC[n+]1ccn(C(C)C)c1CCCC. The Morgan fingerprint density at radius 3 is 1.55 bits per heavy atom. The highest BCUT2D eigenvalue weighted by atomic mass is 15.2. The molecule has 29 heavy (non-hydrogen) atoms. The summed E-state index contributed by atoms with van der Waals surface area (Å²) in [6.45, 7) is 10.4. The number of hydrogen-bond donors (Lipinski definition) is 0. The zero-order chi connectivity index (χ0) is 21.2. The first-order valence-corrected chi connectivity index (χ1v) is 13.3. The average Bonchev–Trinajstić information content (AvgIpc) is 3.12. The molecular weight excluding hydrogens is 352 g/mol. The molecule has 1 aromatic heterocycles. The van der Waals surface area contributed by atoms with E-state index in [1.807, 2.05) is 0 Å². The molecule has 0 amide bonds. The van der Waals surface area contributed by atoms with Crippen LogP contribution in [-0.4, -0.2) is 4.57 Å². The molecule has 0 spiro atoms. The van der Waals surface area contributed by atoms with E-state index in [1.165, 1.54) is 128 Å². The van der Waals surface area contributed by atoms with Crippen molar-refractivity contribution in [2.75, 3.05) is 0 Å². The van der Waals surface area contributed by atoms with Crippen LogP contribution < -0.4 is 4.57 Å². The van der Waals surface area contributed by atoms with Crippen molar-refractivity contribution in [2.24, 2.45) is 0 Å². The van der Waals surface area contributed by atoms with Gasteiger partial charge in [-0.2, -0.15) is 0 Å². The quantitative estimate of drug-likeness (QED) is 0.152. The van der Waals surface area contributed by atoms with Crippen LogP contribution in [0.3, 0.4) is 0 Å². The van der Waals surface area contributed by atoms with Crippen molar-refractivity contribution in [1.29, 1.82) is 0 Å². The summed E-state index contributed by atoms with van der Waals surface area (Å²) in [6.07, 6.45) is 30.0. The van der Waals surface area contributed by atoms with Gasteiger partial charge < -0.3 is 0 Å². The van der Waals surface area contributed by atoms with E-state index in [0.29, 0.717) is 6.04 Å². The number of hydrogen-bond acceptors (Lipinski definition) is 0. The number of aryl methyl sites for hydroxylation is 1. The highest BCUT2D eigenvalue weighted by Crippen LogP contribution is 2.14. The maximum absolute atomic E-state index is 2.53. The maximum atomic E-state index is 2.53. The molecule has 0 saturated heterocycles. The molecule has 2 nitrogen and oxygen atoms in total. The molecule has 0 aliphatic rings. The molecule has 170 valence electrons. The summed E-state index contributed by atoms with van der Waals surface area (Å²) < 4.78 is 5.00. The third-order valence-electron chi connectivity index (χ3n) is 6.35. The monoisotopic (exact) mass is 405 g/mol. The molecular formula is C27H53N2+. The van der Waals surface area contributed by atoms with Crippen LogP contribution in [0.1, 0.15) is 149 Å². The fourth-order valence-corrected chi connectivity index (χ4v) is 4.41. The van der Waals surface area contributed by atoms with Crippen molar-refractivity contribution in [1.82, 2.24) is 4.57 Å². The molecule has 0 aliphatic heterocycles. The van der Waals surface area contributed by atoms with Crippen LogP contribution in [0.4, 0.5) is 0 Å². The first kappa shape index (κ1) is 26.2. The summed E-state index contributed by atoms with van der Waals surface area (Å²) in [5.74, 6) is 1.53. The zero-order valence-electron chi connectivity index (χ0n) is 20.6. The van der Waals surface area contributed by atoms with Crippen LogP contribution in [0.5, 0.6) is 0 Å². The summed E-state index contributed by atoms with van der Waals surface area (Å²) in [5.41, 5.74) is 0. The molecule has 1 aromatic rings. The third kappa shape index (κ3) is 12.5. The Kier molecular flexibility index (Phi) is 16.3. The Hall–Kier alpha value is -0.790. The van der Waals surface area contributed by atoms with Crippen molar-refractivity contribution in [2.45, 2.75) is 156 Å². The fourth-order valence-electron chi connectivity index (χ4n) is 4.41. The van der Waals surface area contributed by atoms with Gasteiger partial charge in [0.05, 0.1) is 12.6 Å². The van der Waals surface area contributed by atoms with Gasteiger partial charge in [-0.05, 0) is 33.1 Å². The summed E-state index contributed by atoms with van der Waals surface area (Å²) in [5, 5.41) is 0.